The molecule has 0 saturated carbocycles. The normalized spacial score (nSPS) is 20.4. The average Bonchev–Trinajstić information content (AvgIpc) is 3.05. The third-order valence-corrected chi connectivity index (χ3v) is 7.48. The molecule has 9 heteroatoms. The molecule has 2 heterocycles. The maximum absolute atomic E-state index is 13.1. The van der Waals surface area contributed by atoms with Crippen LogP contribution in [-0.2, 0) is 21.4 Å². The molecule has 1 fully saturated rings. The highest BCUT2D eigenvalue weighted by Crippen LogP contribution is 2.34. The van der Waals surface area contributed by atoms with Gasteiger partial charge in [-0.2, -0.15) is 4.31 Å². The van der Waals surface area contributed by atoms with Crippen LogP contribution >= 0.6 is 0 Å². The van der Waals surface area contributed by atoms with E-state index < -0.39 is 15.4 Å². The second-order valence-corrected chi connectivity index (χ2v) is 9.56. The average molecular weight is 422 g/mol. The van der Waals surface area contributed by atoms with Crippen molar-refractivity contribution in [2.45, 2.75) is 45.1 Å². The molecule has 1 saturated heterocycles. The van der Waals surface area contributed by atoms with Gasteiger partial charge < -0.3 is 14.6 Å². The maximum Gasteiger partial charge on any atom is 0.248 e. The molecule has 29 heavy (non-hydrogen) atoms. The third-order valence-electron chi connectivity index (χ3n) is 5.39. The van der Waals surface area contributed by atoms with Crippen LogP contribution in [0.1, 0.15) is 36.8 Å². The Labute approximate surface area is 171 Å². The standard InChI is InChI=1S/C20H27N3O5S/c1-14-18(15(2)28-22-14)29(25,26)23-11-5-10-20(3,13-23)19(24)21-12-16-6-8-17(27-4)9-7-16/h6-9H,5,10-13H2,1-4H3,(H,21,24)/t20-/m1/s1. The largest absolute Gasteiger partial charge is 0.497 e. The van der Waals surface area contributed by atoms with Crippen LogP contribution in [0.4, 0.5) is 0 Å². The molecule has 3 rings (SSSR count). The lowest BCUT2D eigenvalue weighted by atomic mass is 9.82. The van der Waals surface area contributed by atoms with Crippen LogP contribution in [0, 0.1) is 19.3 Å². The molecule has 1 aliphatic rings. The number of sulfonamides is 1. The number of nitrogens with one attached hydrogen (secondary N) is 1. The zero-order valence-electron chi connectivity index (χ0n) is 17.2. The van der Waals surface area contributed by atoms with Crippen LogP contribution in [0.5, 0.6) is 5.75 Å². The SMILES string of the molecule is COc1ccc(CNC(=O)[C@]2(C)CCCN(S(=O)(=O)c3c(C)noc3C)C2)cc1. The second kappa shape index (κ2) is 8.16. The molecular weight excluding hydrogens is 394 g/mol. The van der Waals surface area contributed by atoms with Gasteiger partial charge in [-0.25, -0.2) is 8.42 Å². The zero-order chi connectivity index (χ0) is 21.2. The number of ether oxygens (including phenoxy) is 1. The third kappa shape index (κ3) is 4.30. The summed E-state index contributed by atoms with van der Waals surface area (Å²) in [6.45, 7) is 5.85. The fraction of sp³-hybridized carbons (Fsp3) is 0.500. The van der Waals surface area contributed by atoms with E-state index in [0.717, 1.165) is 11.3 Å². The van der Waals surface area contributed by atoms with Gasteiger partial charge in [-0.15, -0.1) is 0 Å². The van der Waals surface area contributed by atoms with Crippen molar-refractivity contribution in [3.63, 3.8) is 0 Å². The molecule has 8 nitrogen and oxygen atoms in total. The van der Waals surface area contributed by atoms with Crippen molar-refractivity contribution in [1.29, 1.82) is 0 Å². The number of nitrogens with zero attached hydrogens (tertiary/aromatic N) is 2. The molecule has 1 aliphatic heterocycles. The number of amides is 1. The van der Waals surface area contributed by atoms with E-state index in [1.165, 1.54) is 4.31 Å². The van der Waals surface area contributed by atoms with Gasteiger partial charge in [0.1, 0.15) is 16.3 Å². The van der Waals surface area contributed by atoms with Gasteiger partial charge in [0.2, 0.25) is 15.9 Å². The van der Waals surface area contributed by atoms with Crippen molar-refractivity contribution in [1.82, 2.24) is 14.8 Å². The number of rotatable bonds is 6. The summed E-state index contributed by atoms with van der Waals surface area (Å²) in [5.74, 6) is 0.852. The number of aryl methyl sites for hydroxylation is 2. The van der Waals surface area contributed by atoms with Crippen LogP contribution in [-0.4, -0.2) is 44.0 Å². The first-order valence-corrected chi connectivity index (χ1v) is 11.0. The van der Waals surface area contributed by atoms with E-state index >= 15 is 0 Å². The van der Waals surface area contributed by atoms with Crippen LogP contribution in [0.15, 0.2) is 33.7 Å². The summed E-state index contributed by atoms with van der Waals surface area (Å²) >= 11 is 0. The van der Waals surface area contributed by atoms with Crippen molar-refractivity contribution in [2.24, 2.45) is 5.41 Å². The number of aromatic nitrogens is 1. The lowest BCUT2D eigenvalue weighted by molar-refractivity contribution is -0.132. The summed E-state index contributed by atoms with van der Waals surface area (Å²) in [6.07, 6.45) is 1.23. The Morgan fingerprint density at radius 3 is 2.59 bits per heavy atom. The van der Waals surface area contributed by atoms with Gasteiger partial charge in [0.05, 0.1) is 12.5 Å². The Balaban J connectivity index is 1.71. The Morgan fingerprint density at radius 1 is 1.31 bits per heavy atom. The van der Waals surface area contributed by atoms with E-state index in [0.29, 0.717) is 31.6 Å². The predicted molar refractivity (Wildman–Crippen MR) is 107 cm³/mol. The van der Waals surface area contributed by atoms with Crippen LogP contribution in [0.2, 0.25) is 0 Å². The fourth-order valence-corrected chi connectivity index (χ4v) is 5.59. The second-order valence-electron chi connectivity index (χ2n) is 7.69. The molecule has 0 aliphatic carbocycles. The minimum Gasteiger partial charge on any atom is -0.497 e. The van der Waals surface area contributed by atoms with Gasteiger partial charge in [0.25, 0.3) is 0 Å². The number of piperidine rings is 1. The molecule has 1 N–H and O–H groups in total. The number of carbonyl (C=O) groups is 1. The van der Waals surface area contributed by atoms with E-state index in [1.807, 2.05) is 31.2 Å². The monoisotopic (exact) mass is 421 g/mol. The van der Waals surface area contributed by atoms with Crippen molar-refractivity contribution in [3.05, 3.63) is 41.3 Å². The Hall–Kier alpha value is -2.39. The van der Waals surface area contributed by atoms with Gasteiger partial charge >= 0.3 is 0 Å². The minimum absolute atomic E-state index is 0.0976. The topological polar surface area (TPSA) is 102 Å². The first-order valence-electron chi connectivity index (χ1n) is 9.51. The molecular formula is C20H27N3O5S. The lowest BCUT2D eigenvalue weighted by Crippen LogP contribution is -2.51. The van der Waals surface area contributed by atoms with Crippen molar-refractivity contribution < 1.29 is 22.5 Å². The summed E-state index contributed by atoms with van der Waals surface area (Å²) in [5.41, 5.74) is 0.467. The summed E-state index contributed by atoms with van der Waals surface area (Å²) < 4.78 is 37.8. The predicted octanol–water partition coefficient (Wildman–Crippen LogP) is 2.41. The van der Waals surface area contributed by atoms with E-state index in [1.54, 1.807) is 21.0 Å². The molecule has 2 aromatic rings. The Bertz CT molecular complexity index is 965. The molecule has 0 bridgehead atoms. The number of methoxy groups -OCH3 is 1. The van der Waals surface area contributed by atoms with Gasteiger partial charge in [-0.1, -0.05) is 17.3 Å². The number of carbonyl (C=O) groups excluding carboxylic acids is 1. The molecule has 0 unspecified atom stereocenters. The number of benzene rings is 1. The molecule has 1 aromatic carbocycles. The first kappa shape index (κ1) is 21.3. The highest BCUT2D eigenvalue weighted by Gasteiger charge is 2.43. The molecule has 158 valence electrons. The van der Waals surface area contributed by atoms with Gasteiger partial charge in [0.15, 0.2) is 5.76 Å². The molecule has 1 aromatic heterocycles. The van der Waals surface area contributed by atoms with Gasteiger partial charge in [0, 0.05) is 19.6 Å². The Kier molecular flexibility index (Phi) is 6.00. The van der Waals surface area contributed by atoms with Crippen LogP contribution in [0.3, 0.4) is 0 Å². The number of hydrogen-bond acceptors (Lipinski definition) is 6. The quantitative estimate of drug-likeness (QED) is 0.769. The summed E-state index contributed by atoms with van der Waals surface area (Å²) in [5, 5.41) is 6.70. The fourth-order valence-electron chi connectivity index (χ4n) is 3.69. The van der Waals surface area contributed by atoms with Crippen LogP contribution in [0.25, 0.3) is 0 Å². The summed E-state index contributed by atoms with van der Waals surface area (Å²) in [7, 11) is -2.18. The molecule has 1 amide bonds. The van der Waals surface area contributed by atoms with E-state index in [-0.39, 0.29) is 23.1 Å². The van der Waals surface area contributed by atoms with E-state index in [2.05, 4.69) is 10.5 Å². The molecule has 0 radical (unpaired) electrons. The minimum atomic E-state index is -3.78. The molecule has 0 spiro atoms. The van der Waals surface area contributed by atoms with Gasteiger partial charge in [-0.3, -0.25) is 4.79 Å². The lowest BCUT2D eigenvalue weighted by Gasteiger charge is -2.38. The van der Waals surface area contributed by atoms with E-state index in [9.17, 15) is 13.2 Å². The summed E-state index contributed by atoms with van der Waals surface area (Å²) in [4.78, 5) is 13.0. The first-order chi connectivity index (χ1) is 13.7. The Morgan fingerprint density at radius 2 is 2.00 bits per heavy atom. The summed E-state index contributed by atoms with van der Waals surface area (Å²) in [6, 6.07) is 7.44. The van der Waals surface area contributed by atoms with Crippen molar-refractivity contribution >= 4 is 15.9 Å². The van der Waals surface area contributed by atoms with Crippen LogP contribution < -0.4 is 10.1 Å². The smallest absolute Gasteiger partial charge is 0.248 e. The van der Waals surface area contributed by atoms with Gasteiger partial charge in [-0.05, 0) is 51.3 Å². The van der Waals surface area contributed by atoms with Crippen molar-refractivity contribution in [3.8, 4) is 5.75 Å². The number of hydrogen-bond donors (Lipinski definition) is 1. The zero-order valence-corrected chi connectivity index (χ0v) is 18.0. The van der Waals surface area contributed by atoms with E-state index in [4.69, 9.17) is 9.26 Å². The van der Waals surface area contributed by atoms with Crippen molar-refractivity contribution in [2.75, 3.05) is 20.2 Å². The highest BCUT2D eigenvalue weighted by atomic mass is 32.2. The highest BCUT2D eigenvalue weighted by molar-refractivity contribution is 7.89. The molecule has 1 atom stereocenters. The maximum atomic E-state index is 13.1.